The summed E-state index contributed by atoms with van der Waals surface area (Å²) in [5, 5.41) is 25.5. The fraction of sp³-hybridized carbons (Fsp3) is 0.238. The lowest BCUT2D eigenvalue weighted by Crippen LogP contribution is -2.26. The normalized spacial score (nSPS) is 15.4. The molecule has 1 heterocycles. The Kier molecular flexibility index (Phi) is 6.39. The number of benzene rings is 2. The van der Waals surface area contributed by atoms with Gasteiger partial charge in [0, 0.05) is 16.8 Å². The Balaban J connectivity index is 1.69. The molecule has 0 aromatic heterocycles. The second-order valence-electron chi connectivity index (χ2n) is 6.97. The number of nitrogens with two attached hydrogens (primary N) is 1. The third kappa shape index (κ3) is 5.50. The van der Waals surface area contributed by atoms with E-state index >= 15 is 0 Å². The average Bonchev–Trinajstić information content (AvgIpc) is 3.08. The van der Waals surface area contributed by atoms with Crippen molar-refractivity contribution in [2.75, 3.05) is 18.1 Å². The molecule has 3 rings (SSSR count). The zero-order valence-electron chi connectivity index (χ0n) is 16.4. The Bertz CT molecular complexity index is 1020. The molecule has 1 amide bonds. The van der Waals surface area contributed by atoms with Crippen LogP contribution in [0.1, 0.15) is 16.7 Å². The SMILES string of the molecule is N=C(N)c1ccc(N2CC(COc3cc(CC(=O)O)ccc3CC(=O)O)OC2=O)cc1. The van der Waals surface area contributed by atoms with Gasteiger partial charge in [0.15, 0.2) is 6.10 Å². The van der Waals surface area contributed by atoms with E-state index in [2.05, 4.69) is 0 Å². The van der Waals surface area contributed by atoms with Crippen LogP contribution in [0.2, 0.25) is 0 Å². The molecule has 0 radical (unpaired) electrons. The number of amides is 1. The van der Waals surface area contributed by atoms with Crippen LogP contribution in [0.25, 0.3) is 0 Å². The third-order valence-corrected chi connectivity index (χ3v) is 4.62. The molecule has 0 saturated carbocycles. The fourth-order valence-electron chi connectivity index (χ4n) is 3.15. The van der Waals surface area contributed by atoms with Crippen LogP contribution in [0.4, 0.5) is 10.5 Å². The molecule has 0 aliphatic carbocycles. The van der Waals surface area contributed by atoms with Crippen molar-refractivity contribution in [2.45, 2.75) is 18.9 Å². The number of nitrogen functional groups attached to an aromatic ring is 1. The molecule has 1 aliphatic rings. The standard InChI is InChI=1S/C21H21N3O7/c22-20(23)13-3-5-15(6-4-13)24-10-16(31-21(24)29)11-30-17-7-12(8-18(25)26)1-2-14(17)9-19(27)28/h1-7,16H,8-11H2,(H3,22,23)(H,25,26)(H,27,28). The number of nitrogens with zero attached hydrogens (tertiary/aromatic N) is 1. The van der Waals surface area contributed by atoms with E-state index < -0.39 is 24.1 Å². The summed E-state index contributed by atoms with van der Waals surface area (Å²) in [7, 11) is 0. The molecule has 10 heteroatoms. The summed E-state index contributed by atoms with van der Waals surface area (Å²) in [6.45, 7) is 0.179. The molecule has 1 saturated heterocycles. The van der Waals surface area contributed by atoms with Gasteiger partial charge in [0.05, 0.1) is 19.4 Å². The predicted octanol–water partition coefficient (Wildman–Crippen LogP) is 1.63. The summed E-state index contributed by atoms with van der Waals surface area (Å²) in [5.41, 5.74) is 7.40. The number of amidine groups is 1. The molecule has 5 N–H and O–H groups in total. The van der Waals surface area contributed by atoms with Crippen LogP contribution in [0, 0.1) is 5.41 Å². The van der Waals surface area contributed by atoms with Crippen molar-refractivity contribution in [1.82, 2.24) is 0 Å². The number of carbonyl (C=O) groups excluding carboxylic acids is 1. The van der Waals surface area contributed by atoms with Crippen LogP contribution in [0.5, 0.6) is 5.75 Å². The van der Waals surface area contributed by atoms with Crippen molar-refractivity contribution < 1.29 is 34.1 Å². The lowest BCUT2D eigenvalue weighted by Gasteiger charge is -2.15. The Morgan fingerprint density at radius 3 is 2.42 bits per heavy atom. The molecule has 162 valence electrons. The van der Waals surface area contributed by atoms with Gasteiger partial charge in [-0.1, -0.05) is 12.1 Å². The van der Waals surface area contributed by atoms with Crippen molar-refractivity contribution in [2.24, 2.45) is 5.73 Å². The maximum atomic E-state index is 12.2. The second-order valence-corrected chi connectivity index (χ2v) is 6.97. The highest BCUT2D eigenvalue weighted by atomic mass is 16.6. The number of carboxylic acid groups (broad SMARTS) is 2. The van der Waals surface area contributed by atoms with Gasteiger partial charge in [-0.3, -0.25) is 19.9 Å². The molecule has 1 unspecified atom stereocenters. The molecule has 10 nitrogen and oxygen atoms in total. The Labute approximate surface area is 177 Å². The second kappa shape index (κ2) is 9.16. The van der Waals surface area contributed by atoms with Gasteiger partial charge in [-0.05, 0) is 35.9 Å². The van der Waals surface area contributed by atoms with Crippen molar-refractivity contribution in [3.8, 4) is 5.75 Å². The summed E-state index contributed by atoms with van der Waals surface area (Å²) >= 11 is 0. The molecule has 2 aromatic carbocycles. The summed E-state index contributed by atoms with van der Waals surface area (Å²) in [4.78, 5) is 35.7. The summed E-state index contributed by atoms with van der Waals surface area (Å²) in [6.07, 6.45) is -1.69. The van der Waals surface area contributed by atoms with Gasteiger partial charge in [0.25, 0.3) is 0 Å². The number of hydrogen-bond donors (Lipinski definition) is 4. The van der Waals surface area contributed by atoms with E-state index in [1.54, 1.807) is 30.3 Å². The Morgan fingerprint density at radius 2 is 1.81 bits per heavy atom. The van der Waals surface area contributed by atoms with Gasteiger partial charge in [-0.25, -0.2) is 4.79 Å². The first-order valence-corrected chi connectivity index (χ1v) is 9.33. The maximum absolute atomic E-state index is 12.2. The van der Waals surface area contributed by atoms with Crippen LogP contribution < -0.4 is 15.4 Å². The van der Waals surface area contributed by atoms with Crippen molar-refractivity contribution in [3.05, 3.63) is 59.2 Å². The summed E-state index contributed by atoms with van der Waals surface area (Å²) in [6, 6.07) is 11.1. The largest absolute Gasteiger partial charge is 0.489 e. The Hall–Kier alpha value is -4.08. The van der Waals surface area contributed by atoms with E-state index in [1.807, 2.05) is 0 Å². The number of nitrogens with one attached hydrogen (secondary N) is 1. The molecular formula is C21H21N3O7. The summed E-state index contributed by atoms with van der Waals surface area (Å²) < 4.78 is 11.1. The van der Waals surface area contributed by atoms with Crippen LogP contribution in [-0.4, -0.2) is 53.3 Å². The highest BCUT2D eigenvalue weighted by Crippen LogP contribution is 2.25. The molecule has 0 bridgehead atoms. The number of rotatable bonds is 9. The number of anilines is 1. The quantitative estimate of drug-likeness (QED) is 0.346. The fourth-order valence-corrected chi connectivity index (χ4v) is 3.15. The van der Waals surface area contributed by atoms with E-state index in [-0.39, 0.29) is 37.6 Å². The molecule has 1 fully saturated rings. The zero-order valence-corrected chi connectivity index (χ0v) is 16.4. The van der Waals surface area contributed by atoms with Crippen molar-refractivity contribution in [1.29, 1.82) is 5.41 Å². The van der Waals surface area contributed by atoms with Gasteiger partial charge in [0.2, 0.25) is 0 Å². The first-order valence-electron chi connectivity index (χ1n) is 9.33. The number of carbonyl (C=O) groups is 3. The Morgan fingerprint density at radius 1 is 1.13 bits per heavy atom. The molecular weight excluding hydrogens is 406 g/mol. The first-order chi connectivity index (χ1) is 14.7. The van der Waals surface area contributed by atoms with Crippen molar-refractivity contribution in [3.63, 3.8) is 0 Å². The smallest absolute Gasteiger partial charge is 0.414 e. The molecule has 1 atom stereocenters. The van der Waals surface area contributed by atoms with Crippen LogP contribution >= 0.6 is 0 Å². The monoisotopic (exact) mass is 427 g/mol. The molecule has 1 aliphatic heterocycles. The first kappa shape index (κ1) is 21.6. The van der Waals surface area contributed by atoms with Gasteiger partial charge < -0.3 is 25.4 Å². The molecule has 2 aromatic rings. The topological polar surface area (TPSA) is 163 Å². The van der Waals surface area contributed by atoms with Gasteiger partial charge in [-0.15, -0.1) is 0 Å². The van der Waals surface area contributed by atoms with Gasteiger partial charge >= 0.3 is 18.0 Å². The molecule has 31 heavy (non-hydrogen) atoms. The number of cyclic esters (lactones) is 1. The van der Waals surface area contributed by atoms with Crippen LogP contribution in [0.3, 0.4) is 0 Å². The number of aliphatic carboxylic acids is 2. The minimum absolute atomic E-state index is 0.0308. The lowest BCUT2D eigenvalue weighted by molar-refractivity contribution is -0.137. The maximum Gasteiger partial charge on any atom is 0.414 e. The highest BCUT2D eigenvalue weighted by molar-refractivity contribution is 5.96. The molecule has 0 spiro atoms. The lowest BCUT2D eigenvalue weighted by atomic mass is 10.1. The van der Waals surface area contributed by atoms with Crippen LogP contribution in [0.15, 0.2) is 42.5 Å². The van der Waals surface area contributed by atoms with Gasteiger partial charge in [0.1, 0.15) is 18.2 Å². The van der Waals surface area contributed by atoms with E-state index in [0.717, 1.165) is 0 Å². The third-order valence-electron chi connectivity index (χ3n) is 4.62. The average molecular weight is 427 g/mol. The van der Waals surface area contributed by atoms with Crippen molar-refractivity contribution >= 4 is 29.6 Å². The number of hydrogen-bond acceptors (Lipinski definition) is 6. The number of ether oxygens (including phenoxy) is 2. The van der Waals surface area contributed by atoms with E-state index in [4.69, 9.17) is 30.8 Å². The van der Waals surface area contributed by atoms with Crippen LogP contribution in [-0.2, 0) is 27.2 Å². The van der Waals surface area contributed by atoms with Gasteiger partial charge in [-0.2, -0.15) is 0 Å². The highest BCUT2D eigenvalue weighted by Gasteiger charge is 2.33. The minimum Gasteiger partial charge on any atom is -0.489 e. The van der Waals surface area contributed by atoms with E-state index in [9.17, 15) is 14.4 Å². The minimum atomic E-state index is -1.05. The predicted molar refractivity (Wildman–Crippen MR) is 110 cm³/mol. The van der Waals surface area contributed by atoms with E-state index in [0.29, 0.717) is 22.4 Å². The van der Waals surface area contributed by atoms with E-state index in [1.165, 1.54) is 17.0 Å². The zero-order chi connectivity index (χ0) is 22.5. The summed E-state index contributed by atoms with van der Waals surface area (Å²) in [5.74, 6) is -1.91. The number of carboxylic acids is 2.